The molecule has 12 heteroatoms. The largest absolute Gasteiger partial charge is 0.389 e. The third-order valence-corrected chi connectivity index (χ3v) is 7.98. The summed E-state index contributed by atoms with van der Waals surface area (Å²) in [6.45, 7) is 1.63. The first-order valence-corrected chi connectivity index (χ1v) is 12.2. The summed E-state index contributed by atoms with van der Waals surface area (Å²) in [7, 11) is 0. The summed E-state index contributed by atoms with van der Waals surface area (Å²) < 4.78 is 0. The van der Waals surface area contributed by atoms with E-state index in [1.54, 1.807) is 11.8 Å². The van der Waals surface area contributed by atoms with Crippen LogP contribution in [0.2, 0.25) is 20.1 Å². The highest BCUT2D eigenvalue weighted by atomic mass is 35.5. The molecule has 2 saturated heterocycles. The number of fused-ring (bicyclic) bond motifs is 4. The average Bonchev–Trinajstić information content (AvgIpc) is 3.28. The number of carbonyl (C=O) groups excluding carboxylic acids is 3. The van der Waals surface area contributed by atoms with Crippen LogP contribution in [0.4, 0.5) is 11.4 Å². The fourth-order valence-corrected chi connectivity index (χ4v) is 7.03. The molecule has 35 heavy (non-hydrogen) atoms. The Morgan fingerprint density at radius 3 is 2.37 bits per heavy atom. The van der Waals surface area contributed by atoms with Gasteiger partial charge >= 0.3 is 0 Å². The van der Waals surface area contributed by atoms with Crippen LogP contribution in [-0.4, -0.2) is 45.9 Å². The van der Waals surface area contributed by atoms with Gasteiger partial charge in [0.05, 0.1) is 28.1 Å². The molecule has 5 N–H and O–H groups in total. The van der Waals surface area contributed by atoms with Crippen molar-refractivity contribution >= 4 is 75.5 Å². The van der Waals surface area contributed by atoms with Crippen LogP contribution in [0.3, 0.4) is 0 Å². The van der Waals surface area contributed by atoms with E-state index in [4.69, 9.17) is 52.1 Å². The second kappa shape index (κ2) is 8.23. The van der Waals surface area contributed by atoms with Crippen molar-refractivity contribution in [3.63, 3.8) is 0 Å². The number of nitrogens with two attached hydrogens (primary N) is 1. The number of aliphatic hydroxyl groups is 1. The van der Waals surface area contributed by atoms with Gasteiger partial charge in [-0.1, -0.05) is 46.4 Å². The van der Waals surface area contributed by atoms with Crippen molar-refractivity contribution in [1.82, 2.24) is 4.90 Å². The van der Waals surface area contributed by atoms with Gasteiger partial charge in [0.15, 0.2) is 0 Å². The molecule has 2 fully saturated rings. The molecule has 0 aliphatic carbocycles. The van der Waals surface area contributed by atoms with Crippen LogP contribution in [0.5, 0.6) is 0 Å². The Hall–Kier alpha value is -2.07. The van der Waals surface area contributed by atoms with Gasteiger partial charge in [-0.15, -0.1) is 0 Å². The van der Waals surface area contributed by atoms with Crippen LogP contribution in [0.15, 0.2) is 30.3 Å². The maximum Gasteiger partial charge on any atom is 0.250 e. The smallest absolute Gasteiger partial charge is 0.250 e. The summed E-state index contributed by atoms with van der Waals surface area (Å²) in [6.07, 6.45) is 0.129. The number of hydrogen-bond donors (Lipinski definition) is 4. The zero-order chi connectivity index (χ0) is 25.4. The molecule has 5 rings (SSSR count). The monoisotopic (exact) mass is 556 g/mol. The van der Waals surface area contributed by atoms with E-state index in [2.05, 4.69) is 10.6 Å². The highest BCUT2D eigenvalue weighted by molar-refractivity contribution is 6.38. The lowest BCUT2D eigenvalue weighted by molar-refractivity contribution is -0.139. The molecule has 0 aromatic heterocycles. The lowest BCUT2D eigenvalue weighted by atomic mass is 9.72. The first kappa shape index (κ1) is 24.6. The topological polar surface area (TPSA) is 125 Å². The van der Waals surface area contributed by atoms with Gasteiger partial charge in [0.2, 0.25) is 11.8 Å². The summed E-state index contributed by atoms with van der Waals surface area (Å²) in [5.74, 6) is -4.35. The lowest BCUT2D eigenvalue weighted by Crippen LogP contribution is -2.55. The Bertz CT molecular complexity index is 1280. The van der Waals surface area contributed by atoms with Crippen molar-refractivity contribution in [3.05, 3.63) is 56.0 Å². The molecule has 0 radical (unpaired) electrons. The average molecular weight is 558 g/mol. The first-order chi connectivity index (χ1) is 16.3. The predicted octanol–water partition coefficient (Wildman–Crippen LogP) is 3.64. The molecular weight excluding hydrogens is 538 g/mol. The zero-order valence-electron chi connectivity index (χ0n) is 18.2. The molecule has 184 valence electrons. The van der Waals surface area contributed by atoms with E-state index in [9.17, 15) is 19.5 Å². The number of primary amides is 1. The lowest BCUT2D eigenvalue weighted by Gasteiger charge is -2.37. The standard InChI is InChI=1S/C23H20Cl4N4O4/c1-22(35)7-15-16(20(33)29-12-3-9(24)2-10(25)4-12)17(19(28)32)23(31(15)8-22)13-5-11(26)6-14(27)18(13)30-21(23)34/h2-6,15-17,35H,7-8H2,1H3,(H2,28,32)(H,29,33)(H,30,34)/t15-,16+,17-,22+,23?/m1/s1. The minimum atomic E-state index is -1.69. The fraction of sp³-hybridized carbons (Fsp3) is 0.348. The molecule has 3 amide bonds. The van der Waals surface area contributed by atoms with E-state index in [-0.39, 0.29) is 23.0 Å². The van der Waals surface area contributed by atoms with E-state index < -0.39 is 46.7 Å². The predicted molar refractivity (Wildman–Crippen MR) is 134 cm³/mol. The summed E-state index contributed by atoms with van der Waals surface area (Å²) in [5.41, 5.74) is 3.92. The molecule has 2 aromatic rings. The van der Waals surface area contributed by atoms with E-state index in [0.29, 0.717) is 27.0 Å². The Morgan fingerprint density at radius 1 is 1.11 bits per heavy atom. The van der Waals surface area contributed by atoms with Gasteiger partial charge in [0.25, 0.3) is 5.91 Å². The van der Waals surface area contributed by atoms with E-state index in [0.717, 1.165) is 0 Å². The van der Waals surface area contributed by atoms with E-state index in [1.807, 2.05) is 0 Å². The summed E-state index contributed by atoms with van der Waals surface area (Å²) in [4.78, 5) is 42.1. The van der Waals surface area contributed by atoms with Crippen molar-refractivity contribution in [2.45, 2.75) is 30.5 Å². The number of halogens is 4. The number of nitrogens with one attached hydrogen (secondary N) is 2. The third kappa shape index (κ3) is 3.70. The van der Waals surface area contributed by atoms with Crippen LogP contribution in [0.25, 0.3) is 0 Å². The molecule has 5 atom stereocenters. The number of hydrogen-bond acceptors (Lipinski definition) is 5. The molecule has 1 spiro atoms. The quantitative estimate of drug-likeness (QED) is 0.458. The number of carbonyl (C=O) groups is 3. The Kier molecular flexibility index (Phi) is 5.79. The van der Waals surface area contributed by atoms with Crippen molar-refractivity contribution in [1.29, 1.82) is 0 Å². The molecule has 2 aromatic carbocycles. The van der Waals surface area contributed by atoms with E-state index in [1.165, 1.54) is 30.3 Å². The van der Waals surface area contributed by atoms with Crippen LogP contribution in [-0.2, 0) is 19.9 Å². The van der Waals surface area contributed by atoms with Gasteiger partial charge in [0.1, 0.15) is 5.54 Å². The summed E-state index contributed by atoms with van der Waals surface area (Å²) >= 11 is 24.8. The van der Waals surface area contributed by atoms with Gasteiger partial charge in [-0.3, -0.25) is 19.3 Å². The van der Waals surface area contributed by atoms with Crippen molar-refractivity contribution in [3.8, 4) is 0 Å². The SMILES string of the molecule is C[C@]1(O)C[C@@H]2[C@H](C(=O)Nc3cc(Cl)cc(Cl)c3)[C@H](C(N)=O)C3(C(=O)Nc4c(Cl)cc(Cl)cc43)N2C1. The molecule has 8 nitrogen and oxygen atoms in total. The molecular formula is C23H20Cl4N4O4. The molecule has 3 aliphatic rings. The van der Waals surface area contributed by atoms with Crippen LogP contribution in [0.1, 0.15) is 18.9 Å². The van der Waals surface area contributed by atoms with Crippen molar-refractivity contribution in [2.24, 2.45) is 17.6 Å². The number of nitrogens with zero attached hydrogens (tertiary/aromatic N) is 1. The molecule has 1 unspecified atom stereocenters. The second-order valence-corrected chi connectivity index (χ2v) is 11.2. The number of rotatable bonds is 3. The molecule has 0 bridgehead atoms. The maximum absolute atomic E-state index is 13.7. The van der Waals surface area contributed by atoms with Gasteiger partial charge in [-0.05, 0) is 43.7 Å². The Labute approximate surface area is 220 Å². The van der Waals surface area contributed by atoms with Gasteiger partial charge in [-0.2, -0.15) is 0 Å². The van der Waals surface area contributed by atoms with E-state index >= 15 is 0 Å². The Morgan fingerprint density at radius 2 is 1.74 bits per heavy atom. The molecule has 3 aliphatic heterocycles. The highest BCUT2D eigenvalue weighted by Crippen LogP contribution is 2.60. The molecule has 0 saturated carbocycles. The van der Waals surface area contributed by atoms with Crippen LogP contribution >= 0.6 is 46.4 Å². The second-order valence-electron chi connectivity index (χ2n) is 9.48. The maximum atomic E-state index is 13.7. The number of amides is 3. The number of benzene rings is 2. The highest BCUT2D eigenvalue weighted by Gasteiger charge is 2.72. The zero-order valence-corrected chi connectivity index (χ0v) is 21.3. The normalized spacial score (nSPS) is 31.4. The Balaban J connectivity index is 1.68. The van der Waals surface area contributed by atoms with Gasteiger partial charge in [0, 0.05) is 38.9 Å². The van der Waals surface area contributed by atoms with Crippen molar-refractivity contribution < 1.29 is 19.5 Å². The minimum absolute atomic E-state index is 0.0191. The third-order valence-electron chi connectivity index (χ3n) is 7.03. The minimum Gasteiger partial charge on any atom is -0.389 e. The fourth-order valence-electron chi connectivity index (χ4n) is 5.96. The summed E-state index contributed by atoms with van der Waals surface area (Å²) in [6, 6.07) is 6.85. The number of anilines is 2. The van der Waals surface area contributed by atoms with Gasteiger partial charge in [-0.25, -0.2) is 0 Å². The van der Waals surface area contributed by atoms with Crippen LogP contribution < -0.4 is 16.4 Å². The first-order valence-electron chi connectivity index (χ1n) is 10.7. The molecule has 3 heterocycles. The summed E-state index contributed by atoms with van der Waals surface area (Å²) in [5, 5.41) is 17.5. The van der Waals surface area contributed by atoms with Gasteiger partial charge < -0.3 is 21.5 Å². The van der Waals surface area contributed by atoms with Crippen molar-refractivity contribution in [2.75, 3.05) is 17.2 Å². The van der Waals surface area contributed by atoms with Crippen LogP contribution in [0, 0.1) is 11.8 Å².